The third-order valence-corrected chi connectivity index (χ3v) is 28.8. The van der Waals surface area contributed by atoms with Gasteiger partial charge in [0.1, 0.15) is 22.8 Å². The van der Waals surface area contributed by atoms with Crippen LogP contribution in [0.1, 0.15) is 0 Å². The van der Waals surface area contributed by atoms with Gasteiger partial charge in [0.05, 0.1) is 84.3 Å². The van der Waals surface area contributed by atoms with Gasteiger partial charge in [0.25, 0.3) is 0 Å². The zero-order valence-corrected chi connectivity index (χ0v) is 80.9. The van der Waals surface area contributed by atoms with Gasteiger partial charge >= 0.3 is 0 Å². The molecule has 0 aliphatic carbocycles. The van der Waals surface area contributed by atoms with Gasteiger partial charge in [-0.2, -0.15) is 0 Å². The molecule has 0 spiro atoms. The van der Waals surface area contributed by atoms with Gasteiger partial charge < -0.3 is 13.7 Å². The molecular formula is C135H87N15. The SMILES string of the molecule is c1ccc(-c2cc(-c3ccccc3)nc(-n3c4cc(-c5ccc6c7ccccc7n(-c7ccccc7)c6c5)ccc4c4cccnc43)n2)cc1.c1ccc(-c2cc(-n3c4cc(-c5ccc6c7ccccc7n(-c7ccccc7)c6c5)ccc4c4cccnc43)nc(-c3ccccc3)n2)cc1.c1ccc(-c2ncc(-n3c4cc(-c5ccc6c7ccccc7n(-c7ccccc7)c6c5)ccc4c4cccnc43)c(-c3ccccc3)n2)cc1. The number of hydrogen-bond acceptors (Lipinski definition) is 9. The van der Waals surface area contributed by atoms with Gasteiger partial charge in [-0.1, -0.05) is 364 Å². The molecule has 0 aliphatic heterocycles. The van der Waals surface area contributed by atoms with Gasteiger partial charge in [0.15, 0.2) is 11.6 Å². The predicted molar refractivity (Wildman–Crippen MR) is 614 cm³/mol. The summed E-state index contributed by atoms with van der Waals surface area (Å²) < 4.78 is 13.6. The van der Waals surface area contributed by atoms with Crippen molar-refractivity contribution in [3.05, 3.63) is 528 Å². The van der Waals surface area contributed by atoms with Crippen LogP contribution >= 0.6 is 0 Å². The van der Waals surface area contributed by atoms with Gasteiger partial charge in [0, 0.05) is 140 Å². The number of rotatable bonds is 15. The summed E-state index contributed by atoms with van der Waals surface area (Å²) in [7, 11) is 0. The van der Waals surface area contributed by atoms with Crippen LogP contribution < -0.4 is 0 Å². The monoisotopic (exact) mass is 1920 g/mol. The molecule has 12 aromatic heterocycles. The van der Waals surface area contributed by atoms with Crippen LogP contribution in [0.2, 0.25) is 0 Å². The molecule has 0 radical (unpaired) electrons. The summed E-state index contributed by atoms with van der Waals surface area (Å²) in [6, 6.07) is 176. The van der Waals surface area contributed by atoms with Gasteiger partial charge in [-0.25, -0.2) is 44.9 Å². The Bertz CT molecular complexity index is 9940. The fourth-order valence-electron chi connectivity index (χ4n) is 21.9. The van der Waals surface area contributed by atoms with Crippen molar-refractivity contribution in [1.29, 1.82) is 0 Å². The minimum Gasteiger partial charge on any atom is -0.309 e. The number of fused-ring (bicyclic) bond motifs is 18. The lowest BCUT2D eigenvalue weighted by atomic mass is 10.0. The Balaban J connectivity index is 0.000000108. The molecule has 30 rings (SSSR count). The van der Waals surface area contributed by atoms with E-state index in [1.807, 2.05) is 152 Å². The summed E-state index contributed by atoms with van der Waals surface area (Å²) in [5.41, 5.74) is 33.3. The quantitative estimate of drug-likeness (QED) is 0.0979. The number of hydrogen-bond donors (Lipinski definition) is 0. The molecule has 0 unspecified atom stereocenters. The van der Waals surface area contributed by atoms with Crippen molar-refractivity contribution in [3.8, 4) is 136 Å². The fourth-order valence-corrected chi connectivity index (χ4v) is 21.9. The van der Waals surface area contributed by atoms with Crippen LogP contribution in [0.4, 0.5) is 0 Å². The number of benzene rings is 18. The molecule has 15 heteroatoms. The number of para-hydroxylation sites is 6. The summed E-state index contributed by atoms with van der Waals surface area (Å²) >= 11 is 0. The van der Waals surface area contributed by atoms with Crippen LogP contribution in [0.3, 0.4) is 0 Å². The first-order valence-corrected chi connectivity index (χ1v) is 50.4. The maximum atomic E-state index is 5.19. The van der Waals surface area contributed by atoms with Crippen molar-refractivity contribution in [3.63, 3.8) is 0 Å². The van der Waals surface area contributed by atoms with E-state index in [0.717, 1.165) is 184 Å². The zero-order chi connectivity index (χ0) is 99.1. The second-order valence-corrected chi connectivity index (χ2v) is 37.6. The maximum Gasteiger partial charge on any atom is 0.237 e. The first-order valence-electron chi connectivity index (χ1n) is 50.4. The zero-order valence-electron chi connectivity index (χ0n) is 80.9. The molecule has 0 saturated carbocycles. The van der Waals surface area contributed by atoms with Crippen LogP contribution in [0.25, 0.3) is 267 Å². The van der Waals surface area contributed by atoms with Crippen LogP contribution in [-0.4, -0.2) is 72.3 Å². The van der Waals surface area contributed by atoms with E-state index < -0.39 is 0 Å². The molecule has 15 nitrogen and oxygen atoms in total. The average molecular weight is 1920 g/mol. The van der Waals surface area contributed by atoms with Crippen LogP contribution in [0.15, 0.2) is 528 Å². The highest BCUT2D eigenvalue weighted by Crippen LogP contribution is 2.46. The second-order valence-electron chi connectivity index (χ2n) is 37.6. The molecule has 0 bridgehead atoms. The Morgan fingerprint density at radius 2 is 0.427 bits per heavy atom. The highest BCUT2D eigenvalue weighted by Gasteiger charge is 2.27. The molecule has 0 N–H and O–H groups in total. The van der Waals surface area contributed by atoms with Gasteiger partial charge in [-0.15, -0.1) is 0 Å². The van der Waals surface area contributed by atoms with Gasteiger partial charge in [0.2, 0.25) is 5.95 Å². The minimum atomic E-state index is 0.584. The predicted octanol–water partition coefficient (Wildman–Crippen LogP) is 33.2. The summed E-state index contributed by atoms with van der Waals surface area (Å²) in [5, 5.41) is 14.0. The van der Waals surface area contributed by atoms with E-state index >= 15 is 0 Å². The van der Waals surface area contributed by atoms with E-state index in [-0.39, 0.29) is 0 Å². The Labute approximate surface area is 861 Å². The number of nitrogens with zero attached hydrogens (tertiary/aromatic N) is 15. The Hall–Kier alpha value is -20.6. The third-order valence-electron chi connectivity index (χ3n) is 28.8. The molecule has 0 atom stereocenters. The second kappa shape index (κ2) is 37.0. The highest BCUT2D eigenvalue weighted by molar-refractivity contribution is 6.16. The van der Waals surface area contributed by atoms with E-state index in [4.69, 9.17) is 44.9 Å². The molecule has 0 saturated heterocycles. The van der Waals surface area contributed by atoms with Crippen molar-refractivity contribution in [2.45, 2.75) is 0 Å². The summed E-state index contributed by atoms with van der Waals surface area (Å²) in [6.07, 6.45) is 7.50. The summed E-state index contributed by atoms with van der Waals surface area (Å²) in [4.78, 5) is 45.5. The summed E-state index contributed by atoms with van der Waals surface area (Å²) in [6.45, 7) is 0. The van der Waals surface area contributed by atoms with E-state index in [1.54, 1.807) is 0 Å². The Morgan fingerprint density at radius 3 is 0.800 bits per heavy atom. The fraction of sp³-hybridized carbons (Fsp3) is 0. The molecule has 18 aromatic carbocycles. The molecule has 0 aliphatic rings. The highest BCUT2D eigenvalue weighted by atomic mass is 15.2. The number of aromatic nitrogens is 15. The molecule has 0 fully saturated rings. The smallest absolute Gasteiger partial charge is 0.237 e. The average Bonchev–Trinajstić information content (AvgIpc) is 1.58. The van der Waals surface area contributed by atoms with Crippen molar-refractivity contribution in [2.75, 3.05) is 0 Å². The third kappa shape index (κ3) is 15.3. The first-order chi connectivity index (χ1) is 74.4. The van der Waals surface area contributed by atoms with E-state index in [1.165, 1.54) is 65.4 Å². The number of pyridine rings is 3. The van der Waals surface area contributed by atoms with E-state index in [2.05, 4.69) is 404 Å². The maximum absolute atomic E-state index is 5.19. The van der Waals surface area contributed by atoms with E-state index in [0.29, 0.717) is 17.6 Å². The lowest BCUT2D eigenvalue weighted by Crippen LogP contribution is -2.04. The van der Waals surface area contributed by atoms with Crippen molar-refractivity contribution in [1.82, 2.24) is 72.3 Å². The Kier molecular flexibility index (Phi) is 21.5. The lowest BCUT2D eigenvalue weighted by molar-refractivity contribution is 0.982. The largest absolute Gasteiger partial charge is 0.309 e. The molecule has 0 amide bonds. The van der Waals surface area contributed by atoms with Crippen LogP contribution in [-0.2, 0) is 0 Å². The minimum absolute atomic E-state index is 0.584. The van der Waals surface area contributed by atoms with Crippen molar-refractivity contribution >= 4 is 131 Å². The van der Waals surface area contributed by atoms with Crippen molar-refractivity contribution < 1.29 is 0 Å². The topological polar surface area (TPSA) is 146 Å². The standard InChI is InChI=1S/3C45H29N5/c1-4-13-30(14-5-1)39-29-40(31-15-6-2-7-16-31)48-45(47-39)50-43-28-33(23-25-37(43)38-20-12-26-46-44(38)50)32-22-24-36-35-19-10-11-21-41(35)49(42(36)27-32)34-17-8-3-9-18-34;1-4-13-30(14-5-1)39-29-43(48-44(47-39)31-15-6-2-7-16-31)50-42-28-33(23-25-37(42)38-20-12-26-46-45(38)50)32-22-24-36-35-19-10-11-21-40(35)49(41(36)27-32)34-17-8-3-9-18-34;1-4-13-30(14-5-1)43-42(29-47-44(48-43)31-15-6-2-7-16-31)50-41-28-33(23-25-37(41)38-20-12-26-46-45(38)50)32-22-24-36-35-19-10-11-21-39(35)49(40(36)27-32)34-17-8-3-9-18-34/h3*1-29H. The Morgan fingerprint density at radius 1 is 0.153 bits per heavy atom. The van der Waals surface area contributed by atoms with Crippen LogP contribution in [0.5, 0.6) is 0 Å². The van der Waals surface area contributed by atoms with E-state index in [9.17, 15) is 0 Å². The molecule has 30 aromatic rings. The lowest BCUT2D eigenvalue weighted by Gasteiger charge is -2.14. The van der Waals surface area contributed by atoms with Crippen molar-refractivity contribution in [2.24, 2.45) is 0 Å². The van der Waals surface area contributed by atoms with Gasteiger partial charge in [-0.05, 0) is 167 Å². The normalized spacial score (nSPS) is 11.6. The molecule has 150 heavy (non-hydrogen) atoms. The molecule has 702 valence electrons. The molecule has 12 heterocycles. The first kappa shape index (κ1) is 87.3. The van der Waals surface area contributed by atoms with Crippen LogP contribution in [0, 0.1) is 0 Å². The summed E-state index contributed by atoms with van der Waals surface area (Å²) in [5.74, 6) is 2.71. The van der Waals surface area contributed by atoms with Gasteiger partial charge in [-0.3, -0.25) is 13.7 Å². The molecular weight excluding hydrogens is 1830 g/mol.